The first-order valence-corrected chi connectivity index (χ1v) is 14.8. The molecule has 230 valence electrons. The zero-order valence-electron chi connectivity index (χ0n) is 25.4. The van der Waals surface area contributed by atoms with Gasteiger partial charge in [0.15, 0.2) is 23.1 Å². The van der Waals surface area contributed by atoms with Gasteiger partial charge in [-0.15, -0.1) is 0 Å². The second kappa shape index (κ2) is 11.0. The van der Waals surface area contributed by atoms with Crippen molar-refractivity contribution in [1.29, 1.82) is 0 Å². The molecule has 0 aromatic heterocycles. The molecule has 3 aliphatic heterocycles. The molecule has 9 nitrogen and oxygen atoms in total. The van der Waals surface area contributed by atoms with Crippen molar-refractivity contribution >= 4 is 35.2 Å². The van der Waals surface area contributed by atoms with E-state index in [-0.39, 0.29) is 23.0 Å². The fraction of sp³-hybridized carbons (Fsp3) is 0.189. The molecule has 4 atom stereocenters. The summed E-state index contributed by atoms with van der Waals surface area (Å²) in [7, 11) is 2.99. The number of carbonyl (C=O) groups excluding carboxylic acids is 4. The van der Waals surface area contributed by atoms with E-state index in [2.05, 4.69) is 5.32 Å². The third kappa shape index (κ3) is 4.23. The molecule has 0 unspecified atom stereocenters. The average Bonchev–Trinajstić information content (AvgIpc) is 3.55. The van der Waals surface area contributed by atoms with Crippen LogP contribution < -0.4 is 19.5 Å². The summed E-state index contributed by atoms with van der Waals surface area (Å²) in [5.41, 5.74) is 2.10. The second-order valence-electron chi connectivity index (χ2n) is 11.5. The summed E-state index contributed by atoms with van der Waals surface area (Å²) in [6, 6.07) is 24.4. The van der Waals surface area contributed by atoms with Gasteiger partial charge in [-0.25, -0.2) is 0 Å². The maximum absolute atomic E-state index is 15.1. The Balaban J connectivity index is 1.48. The van der Waals surface area contributed by atoms with Crippen LogP contribution in [0.1, 0.15) is 50.4 Å². The molecule has 4 aromatic rings. The van der Waals surface area contributed by atoms with Crippen LogP contribution in [0.15, 0.2) is 97.2 Å². The Morgan fingerprint density at radius 1 is 0.804 bits per heavy atom. The number of hydrogen-bond acceptors (Lipinski definition) is 8. The van der Waals surface area contributed by atoms with Gasteiger partial charge in [0.05, 0.1) is 26.2 Å². The second-order valence-corrected chi connectivity index (χ2v) is 11.5. The summed E-state index contributed by atoms with van der Waals surface area (Å²) in [6.45, 7) is 1.30. The monoisotopic (exact) mass is 614 g/mol. The zero-order valence-corrected chi connectivity index (χ0v) is 25.4. The number of Topliss-reactive ketones (excluding diaryl/α,β-unsaturated/α-hetero) is 2. The highest BCUT2D eigenvalue weighted by atomic mass is 16.5. The highest BCUT2D eigenvalue weighted by Gasteiger charge is 2.70. The van der Waals surface area contributed by atoms with Crippen molar-refractivity contribution in [2.24, 2.45) is 5.92 Å². The Kier molecular flexibility index (Phi) is 6.96. The van der Waals surface area contributed by atoms with Crippen LogP contribution in [-0.2, 0) is 15.0 Å². The molecule has 9 heteroatoms. The molecule has 0 radical (unpaired) electrons. The lowest BCUT2D eigenvalue weighted by atomic mass is 9.62. The van der Waals surface area contributed by atoms with Crippen molar-refractivity contribution in [2.75, 3.05) is 19.5 Å². The molecule has 7 rings (SSSR count). The molecule has 1 fully saturated rings. The fourth-order valence-electron chi connectivity index (χ4n) is 7.36. The van der Waals surface area contributed by atoms with Crippen LogP contribution in [-0.4, -0.2) is 48.6 Å². The predicted octanol–water partition coefficient (Wildman–Crippen LogP) is 5.61. The molecule has 0 bridgehead atoms. The lowest BCUT2D eigenvalue weighted by Gasteiger charge is -2.38. The number of ketones is 2. The quantitative estimate of drug-likeness (QED) is 0.163. The normalized spacial score (nSPS) is 22.0. The van der Waals surface area contributed by atoms with Crippen molar-refractivity contribution in [3.8, 4) is 17.2 Å². The number of nitrogens with one attached hydrogen (secondary N) is 1. The lowest BCUT2D eigenvalue weighted by Crippen LogP contribution is -2.49. The van der Waals surface area contributed by atoms with E-state index >= 15 is 4.79 Å². The molecule has 0 aliphatic carbocycles. The van der Waals surface area contributed by atoms with E-state index in [0.717, 1.165) is 11.1 Å². The van der Waals surface area contributed by atoms with E-state index in [1.165, 1.54) is 21.1 Å². The number of esters is 1. The van der Waals surface area contributed by atoms with E-state index in [9.17, 15) is 14.4 Å². The van der Waals surface area contributed by atoms with Crippen molar-refractivity contribution in [3.05, 3.63) is 125 Å². The fourth-order valence-corrected chi connectivity index (χ4v) is 7.36. The van der Waals surface area contributed by atoms with Crippen LogP contribution in [0.4, 0.5) is 5.69 Å². The summed E-state index contributed by atoms with van der Waals surface area (Å²) in [5, 5.41) is 3.05. The minimum absolute atomic E-state index is 0.277. The van der Waals surface area contributed by atoms with Crippen LogP contribution in [0.3, 0.4) is 0 Å². The van der Waals surface area contributed by atoms with Crippen LogP contribution in [0, 0.1) is 5.92 Å². The van der Waals surface area contributed by atoms with Crippen molar-refractivity contribution in [3.63, 3.8) is 0 Å². The largest absolute Gasteiger partial charge is 0.493 e. The maximum Gasteiger partial charge on any atom is 0.308 e. The number of hydrogen-bond donors (Lipinski definition) is 1. The standard InChI is InChI=1S/C37H30N2O7/c1-21(40)46-25-15-12-23(13-16-25)34(42)32-31(33(41)24-14-17-29(44-2)30(20-24)45-3)37(27-10-6-7-11-28(27)38-36(37)43)35-26-9-5-4-8-22(26)18-19-39(32)35/h4-20,31-32,35H,1-3H3,(H,38,43)/t31-,32-,35+,37+/m0/s1. The number of rotatable bonds is 7. The summed E-state index contributed by atoms with van der Waals surface area (Å²) in [6.07, 6.45) is 3.73. The van der Waals surface area contributed by atoms with Crippen molar-refractivity contribution in [1.82, 2.24) is 4.90 Å². The minimum atomic E-state index is -1.47. The summed E-state index contributed by atoms with van der Waals surface area (Å²) >= 11 is 0. The predicted molar refractivity (Wildman–Crippen MR) is 170 cm³/mol. The van der Waals surface area contributed by atoms with Crippen LogP contribution in [0.2, 0.25) is 0 Å². The molecule has 46 heavy (non-hydrogen) atoms. The molecule has 1 N–H and O–H groups in total. The first kappa shape index (κ1) is 29.0. The Morgan fingerprint density at radius 3 is 2.24 bits per heavy atom. The summed E-state index contributed by atoms with van der Waals surface area (Å²) in [5.74, 6) is -1.65. The van der Waals surface area contributed by atoms with Crippen molar-refractivity contribution < 1.29 is 33.4 Å². The number of para-hydroxylation sites is 1. The minimum Gasteiger partial charge on any atom is -0.493 e. The smallest absolute Gasteiger partial charge is 0.308 e. The number of anilines is 1. The molecule has 3 aliphatic rings. The molecule has 1 saturated heterocycles. The zero-order chi connectivity index (χ0) is 32.2. The molecule has 4 aromatic carbocycles. The highest BCUT2D eigenvalue weighted by molar-refractivity contribution is 6.16. The van der Waals surface area contributed by atoms with Gasteiger partial charge < -0.3 is 24.4 Å². The van der Waals surface area contributed by atoms with Gasteiger partial charge in [-0.2, -0.15) is 0 Å². The van der Waals surface area contributed by atoms with Crippen LogP contribution >= 0.6 is 0 Å². The van der Waals surface area contributed by atoms with Gasteiger partial charge in [-0.05, 0) is 71.3 Å². The van der Waals surface area contributed by atoms with E-state index in [1.54, 1.807) is 42.5 Å². The molecule has 1 amide bonds. The Morgan fingerprint density at radius 2 is 1.50 bits per heavy atom. The third-order valence-corrected chi connectivity index (χ3v) is 9.19. The molecule has 0 saturated carbocycles. The number of amides is 1. The van der Waals surface area contributed by atoms with E-state index in [4.69, 9.17) is 14.2 Å². The van der Waals surface area contributed by atoms with Gasteiger partial charge in [-0.1, -0.05) is 42.5 Å². The van der Waals surface area contributed by atoms with Gasteiger partial charge in [0.25, 0.3) is 0 Å². The Bertz CT molecular complexity index is 1950. The number of nitrogens with zero attached hydrogens (tertiary/aromatic N) is 1. The third-order valence-electron chi connectivity index (χ3n) is 9.19. The molecular formula is C37H30N2O7. The number of benzene rings is 4. The first-order valence-electron chi connectivity index (χ1n) is 14.8. The Hall–Kier alpha value is -5.70. The number of fused-ring (bicyclic) bond motifs is 6. The van der Waals surface area contributed by atoms with Gasteiger partial charge in [0.2, 0.25) is 5.91 Å². The maximum atomic E-state index is 15.1. The highest BCUT2D eigenvalue weighted by Crippen LogP contribution is 2.62. The SMILES string of the molecule is COc1ccc(C(=O)[C@@H]2[C@@H](C(=O)c3ccc(OC(C)=O)cc3)N3C=Cc4ccccc4[C@@H]3[C@]23C(=O)Nc2ccccc23)cc1OC. The number of ether oxygens (including phenoxy) is 3. The van der Waals surface area contributed by atoms with Gasteiger partial charge >= 0.3 is 5.97 Å². The first-order chi connectivity index (χ1) is 22.3. The van der Waals surface area contributed by atoms with Crippen molar-refractivity contribution in [2.45, 2.75) is 24.4 Å². The molecule has 3 heterocycles. The van der Waals surface area contributed by atoms with E-state index in [0.29, 0.717) is 34.1 Å². The lowest BCUT2D eigenvalue weighted by molar-refractivity contribution is -0.131. The number of carbonyl (C=O) groups is 4. The molecule has 1 spiro atoms. The van der Waals surface area contributed by atoms with Gasteiger partial charge in [0.1, 0.15) is 17.2 Å². The molecular weight excluding hydrogens is 584 g/mol. The van der Waals surface area contributed by atoms with Gasteiger partial charge in [0, 0.05) is 29.9 Å². The Labute approximate surface area is 265 Å². The van der Waals surface area contributed by atoms with Crippen LogP contribution in [0.5, 0.6) is 17.2 Å². The van der Waals surface area contributed by atoms with Gasteiger partial charge in [-0.3, -0.25) is 19.2 Å². The van der Waals surface area contributed by atoms with Crippen LogP contribution in [0.25, 0.3) is 6.08 Å². The summed E-state index contributed by atoms with van der Waals surface area (Å²) < 4.78 is 16.1. The van der Waals surface area contributed by atoms with E-state index < -0.39 is 29.4 Å². The summed E-state index contributed by atoms with van der Waals surface area (Å²) in [4.78, 5) is 57.8. The average molecular weight is 615 g/mol. The topological polar surface area (TPSA) is 111 Å². The number of methoxy groups -OCH3 is 2. The van der Waals surface area contributed by atoms with E-state index in [1.807, 2.05) is 65.7 Å².